The molecule has 0 saturated carbocycles. The van der Waals surface area contributed by atoms with Crippen molar-refractivity contribution < 1.29 is 25.2 Å². The van der Waals surface area contributed by atoms with E-state index in [1.807, 2.05) is 0 Å². The highest BCUT2D eigenvalue weighted by Gasteiger charge is 2.47. The quantitative estimate of drug-likeness (QED) is 0.376. The van der Waals surface area contributed by atoms with Crippen LogP contribution in [0.15, 0.2) is 30.3 Å². The number of hydrogen-bond acceptors (Lipinski definition) is 6. The molecule has 0 aromatic heterocycles. The highest BCUT2D eigenvalue weighted by Crippen LogP contribution is 2.20. The van der Waals surface area contributed by atoms with Crippen LogP contribution in [0.25, 0.3) is 0 Å². The van der Waals surface area contributed by atoms with E-state index in [0.717, 1.165) is 0 Å². The lowest BCUT2D eigenvalue weighted by molar-refractivity contribution is -0.131. The number of carbonyl (C=O) groups is 1. The van der Waals surface area contributed by atoms with Crippen molar-refractivity contribution in [1.29, 1.82) is 0 Å². The second kappa shape index (κ2) is 6.50. The van der Waals surface area contributed by atoms with E-state index in [-0.39, 0.29) is 19.0 Å². The van der Waals surface area contributed by atoms with Gasteiger partial charge in [0, 0.05) is 18.7 Å². The van der Waals surface area contributed by atoms with E-state index < -0.39 is 30.5 Å². The van der Waals surface area contributed by atoms with Crippen molar-refractivity contribution in [2.45, 2.75) is 23.9 Å². The largest absolute Gasteiger partial charge is 0.394 e. The molecule has 4 unspecified atom stereocenters. The first-order valence-electron chi connectivity index (χ1n) is 6.73. The summed E-state index contributed by atoms with van der Waals surface area (Å²) in [6, 6.07) is 8.53. The van der Waals surface area contributed by atoms with Crippen molar-refractivity contribution in [1.82, 2.24) is 10.6 Å². The van der Waals surface area contributed by atoms with Crippen LogP contribution in [0.2, 0.25) is 0 Å². The zero-order valence-electron chi connectivity index (χ0n) is 11.4. The Kier molecular flexibility index (Phi) is 4.92. The maximum atomic E-state index is 12.0. The molecule has 1 aromatic carbocycles. The van der Waals surface area contributed by atoms with Crippen molar-refractivity contribution in [2.75, 3.05) is 19.7 Å². The molecule has 7 heteroatoms. The van der Waals surface area contributed by atoms with Crippen LogP contribution >= 0.6 is 0 Å². The average Bonchev–Trinajstić information content (AvgIpc) is 2.53. The summed E-state index contributed by atoms with van der Waals surface area (Å²) >= 11 is 0. The number of aliphatic hydroxyl groups excluding tert-OH is 4. The fourth-order valence-corrected chi connectivity index (χ4v) is 2.37. The maximum Gasteiger partial charge on any atom is 0.251 e. The Morgan fingerprint density at radius 3 is 2.57 bits per heavy atom. The zero-order valence-corrected chi connectivity index (χ0v) is 11.4. The third-order valence-electron chi connectivity index (χ3n) is 3.83. The molecule has 4 atom stereocenters. The standard InChI is InChI=1S/C14H20N2O5/c17-8-14(12(20)11(19)10(18)6-16-14)7-15-13(21)9-4-2-1-3-5-9/h1-5,10-12,16-20H,6-8H2,(H,15,21). The number of nitrogens with one attached hydrogen (secondary N) is 2. The van der Waals surface area contributed by atoms with Crippen LogP contribution in [-0.4, -0.2) is 69.9 Å². The van der Waals surface area contributed by atoms with Gasteiger partial charge in [0.05, 0.1) is 18.2 Å². The summed E-state index contributed by atoms with van der Waals surface area (Å²) in [5.74, 6) is -0.349. The Morgan fingerprint density at radius 1 is 1.29 bits per heavy atom. The summed E-state index contributed by atoms with van der Waals surface area (Å²) in [6.45, 7) is -0.560. The van der Waals surface area contributed by atoms with Crippen molar-refractivity contribution in [2.24, 2.45) is 0 Å². The molecule has 0 bridgehead atoms. The molecule has 0 aliphatic carbocycles. The van der Waals surface area contributed by atoms with Crippen LogP contribution in [0.1, 0.15) is 10.4 Å². The number of benzene rings is 1. The Balaban J connectivity index is 2.04. The molecule has 2 rings (SSSR count). The molecule has 0 radical (unpaired) electrons. The average molecular weight is 296 g/mol. The summed E-state index contributed by atoms with van der Waals surface area (Å²) in [7, 11) is 0. The molecule has 1 aromatic rings. The lowest BCUT2D eigenvalue weighted by Crippen LogP contribution is -2.73. The SMILES string of the molecule is O=C(NCC1(CO)NCC(O)C(O)C1O)c1ccccc1. The van der Waals surface area contributed by atoms with Gasteiger partial charge >= 0.3 is 0 Å². The van der Waals surface area contributed by atoms with Gasteiger partial charge in [-0.3, -0.25) is 4.79 Å². The molecule has 1 aliphatic rings. The van der Waals surface area contributed by atoms with Crippen LogP contribution in [0.4, 0.5) is 0 Å². The van der Waals surface area contributed by atoms with Crippen molar-refractivity contribution >= 4 is 5.91 Å². The van der Waals surface area contributed by atoms with Crippen LogP contribution < -0.4 is 10.6 Å². The minimum absolute atomic E-state index is 0.0139. The Labute approximate surface area is 122 Å². The van der Waals surface area contributed by atoms with Crippen LogP contribution in [0.3, 0.4) is 0 Å². The zero-order chi connectivity index (χ0) is 15.5. The number of aliphatic hydroxyl groups is 4. The van der Waals surface area contributed by atoms with Gasteiger partial charge in [0.25, 0.3) is 5.91 Å². The molecule has 1 saturated heterocycles. The molecule has 6 N–H and O–H groups in total. The van der Waals surface area contributed by atoms with Crippen molar-refractivity contribution in [3.8, 4) is 0 Å². The molecule has 1 aliphatic heterocycles. The number of hydrogen-bond donors (Lipinski definition) is 6. The summed E-state index contributed by atoms with van der Waals surface area (Å²) in [5, 5.41) is 44.2. The molecule has 7 nitrogen and oxygen atoms in total. The van der Waals surface area contributed by atoms with Crippen molar-refractivity contribution in [3.63, 3.8) is 0 Å². The number of β-amino-alcohol motifs (C(OH)–C–C–N with tert-alkyl or cyclic N) is 1. The predicted octanol–water partition coefficient (Wildman–Crippen LogP) is -2.17. The van der Waals surface area contributed by atoms with Gasteiger partial charge in [-0.1, -0.05) is 18.2 Å². The molecule has 116 valence electrons. The second-order valence-electron chi connectivity index (χ2n) is 5.25. The first-order chi connectivity index (χ1) is 10.00. The summed E-state index contributed by atoms with van der Waals surface area (Å²) < 4.78 is 0. The molecule has 1 fully saturated rings. The molecular formula is C14H20N2O5. The van der Waals surface area contributed by atoms with E-state index in [1.165, 1.54) is 0 Å². The summed E-state index contributed by atoms with van der Waals surface area (Å²) in [6.07, 6.45) is -3.90. The topological polar surface area (TPSA) is 122 Å². The van der Waals surface area contributed by atoms with Crippen LogP contribution in [-0.2, 0) is 0 Å². The second-order valence-corrected chi connectivity index (χ2v) is 5.25. The van der Waals surface area contributed by atoms with Gasteiger partial charge in [-0.15, -0.1) is 0 Å². The molecule has 1 heterocycles. The fraction of sp³-hybridized carbons (Fsp3) is 0.500. The van der Waals surface area contributed by atoms with Gasteiger partial charge < -0.3 is 31.1 Å². The van der Waals surface area contributed by atoms with Crippen molar-refractivity contribution in [3.05, 3.63) is 35.9 Å². The Bertz CT molecular complexity index is 484. The van der Waals surface area contributed by atoms with Gasteiger partial charge in [-0.05, 0) is 12.1 Å². The summed E-state index contributed by atoms with van der Waals surface area (Å²) in [5.41, 5.74) is -0.834. The minimum atomic E-state index is -1.40. The molecule has 1 amide bonds. The first kappa shape index (κ1) is 15.9. The van der Waals surface area contributed by atoms with E-state index in [0.29, 0.717) is 5.56 Å². The lowest BCUT2D eigenvalue weighted by atomic mass is 9.83. The first-order valence-corrected chi connectivity index (χ1v) is 6.73. The summed E-state index contributed by atoms with van der Waals surface area (Å²) in [4.78, 5) is 12.0. The normalized spacial score (nSPS) is 32.7. The lowest BCUT2D eigenvalue weighted by Gasteiger charge is -2.45. The van der Waals surface area contributed by atoms with E-state index in [1.54, 1.807) is 30.3 Å². The number of rotatable bonds is 4. The van der Waals surface area contributed by atoms with Gasteiger partial charge in [0.15, 0.2) is 0 Å². The molecule has 0 spiro atoms. The Hall–Kier alpha value is -1.51. The van der Waals surface area contributed by atoms with Gasteiger partial charge in [0.2, 0.25) is 0 Å². The number of carbonyl (C=O) groups excluding carboxylic acids is 1. The number of amides is 1. The van der Waals surface area contributed by atoms with E-state index in [4.69, 9.17) is 0 Å². The van der Waals surface area contributed by atoms with Crippen LogP contribution in [0, 0.1) is 0 Å². The van der Waals surface area contributed by atoms with Crippen LogP contribution in [0.5, 0.6) is 0 Å². The third-order valence-corrected chi connectivity index (χ3v) is 3.83. The highest BCUT2D eigenvalue weighted by atomic mass is 16.4. The van der Waals surface area contributed by atoms with E-state index in [2.05, 4.69) is 10.6 Å². The van der Waals surface area contributed by atoms with E-state index >= 15 is 0 Å². The highest BCUT2D eigenvalue weighted by molar-refractivity contribution is 5.94. The molecular weight excluding hydrogens is 276 g/mol. The van der Waals surface area contributed by atoms with Gasteiger partial charge in [-0.25, -0.2) is 0 Å². The monoisotopic (exact) mass is 296 g/mol. The van der Waals surface area contributed by atoms with Gasteiger partial charge in [-0.2, -0.15) is 0 Å². The predicted molar refractivity (Wildman–Crippen MR) is 74.6 cm³/mol. The maximum absolute atomic E-state index is 12.0. The fourth-order valence-electron chi connectivity index (χ4n) is 2.37. The third kappa shape index (κ3) is 3.22. The minimum Gasteiger partial charge on any atom is -0.394 e. The molecule has 21 heavy (non-hydrogen) atoms. The number of piperidine rings is 1. The van der Waals surface area contributed by atoms with Gasteiger partial charge in [0.1, 0.15) is 12.2 Å². The Morgan fingerprint density at radius 2 is 1.95 bits per heavy atom. The van der Waals surface area contributed by atoms with E-state index in [9.17, 15) is 25.2 Å². The smallest absolute Gasteiger partial charge is 0.251 e.